The van der Waals surface area contributed by atoms with Crippen LogP contribution < -0.4 is 11.5 Å². The Balaban J connectivity index is 3.85. The molecule has 0 aliphatic heterocycles. The number of thioether (sulfide) groups is 1. The predicted octanol–water partition coefficient (Wildman–Crippen LogP) is -1.46. The van der Waals surface area contributed by atoms with Crippen LogP contribution in [0, 0.1) is 0 Å². The van der Waals surface area contributed by atoms with E-state index in [-0.39, 0.29) is 12.3 Å². The van der Waals surface area contributed by atoms with Gasteiger partial charge in [0.1, 0.15) is 11.3 Å². The van der Waals surface area contributed by atoms with E-state index in [1.165, 1.54) is 0 Å². The van der Waals surface area contributed by atoms with Gasteiger partial charge in [0.15, 0.2) is 0 Å². The summed E-state index contributed by atoms with van der Waals surface area (Å²) in [7, 11) is 0. The molecule has 0 spiro atoms. The molecule has 0 heterocycles. The summed E-state index contributed by atoms with van der Waals surface area (Å²) in [6.07, 6.45) is 0. The van der Waals surface area contributed by atoms with Crippen molar-refractivity contribution in [3.05, 3.63) is 0 Å². The van der Waals surface area contributed by atoms with Gasteiger partial charge in [0, 0.05) is 12.3 Å². The van der Waals surface area contributed by atoms with Crippen molar-refractivity contribution >= 4 is 23.7 Å². The topological polar surface area (TPSA) is 127 Å². The fraction of sp³-hybridized carbons (Fsp3) is 0.667. The molecule has 0 aromatic carbocycles. The standard InChI is InChI=1S/C6H12N2O4S/c7-1-4(6(11)12)13-2-3(8)5(9)10/h3-4H,1-2,7-8H2,(H,9,10)(H,11,12)/t3-,4-/m0/s1. The average Bonchev–Trinajstić information content (AvgIpc) is 2.04. The van der Waals surface area contributed by atoms with E-state index in [1.807, 2.05) is 0 Å². The van der Waals surface area contributed by atoms with Gasteiger partial charge in [-0.25, -0.2) is 0 Å². The average molecular weight is 208 g/mol. The van der Waals surface area contributed by atoms with Crippen LogP contribution in [-0.4, -0.2) is 45.7 Å². The quantitative estimate of drug-likeness (QED) is 0.420. The number of aliphatic carboxylic acids is 2. The summed E-state index contributed by atoms with van der Waals surface area (Å²) >= 11 is 0.936. The molecule has 0 rings (SSSR count). The van der Waals surface area contributed by atoms with E-state index < -0.39 is 23.2 Å². The lowest BCUT2D eigenvalue weighted by atomic mass is 10.4. The van der Waals surface area contributed by atoms with Crippen molar-refractivity contribution < 1.29 is 19.8 Å². The van der Waals surface area contributed by atoms with Crippen LogP contribution in [0.4, 0.5) is 0 Å². The molecular weight excluding hydrogens is 196 g/mol. The summed E-state index contributed by atoms with van der Waals surface area (Å²) in [4.78, 5) is 20.7. The molecule has 76 valence electrons. The molecule has 7 heteroatoms. The van der Waals surface area contributed by atoms with Crippen molar-refractivity contribution in [3.8, 4) is 0 Å². The van der Waals surface area contributed by atoms with Crippen LogP contribution >= 0.6 is 11.8 Å². The van der Waals surface area contributed by atoms with E-state index in [1.54, 1.807) is 0 Å². The predicted molar refractivity (Wildman–Crippen MR) is 48.5 cm³/mol. The largest absolute Gasteiger partial charge is 0.480 e. The normalized spacial score (nSPS) is 14.9. The molecule has 13 heavy (non-hydrogen) atoms. The zero-order chi connectivity index (χ0) is 10.4. The molecule has 0 aliphatic carbocycles. The number of hydrogen-bond acceptors (Lipinski definition) is 5. The third-order valence-corrected chi connectivity index (χ3v) is 2.63. The van der Waals surface area contributed by atoms with Gasteiger partial charge in [-0.2, -0.15) is 0 Å². The highest BCUT2D eigenvalue weighted by atomic mass is 32.2. The number of carboxylic acid groups (broad SMARTS) is 2. The van der Waals surface area contributed by atoms with Crippen LogP contribution in [0.2, 0.25) is 0 Å². The Morgan fingerprint density at radius 1 is 1.31 bits per heavy atom. The Morgan fingerprint density at radius 2 is 1.85 bits per heavy atom. The third kappa shape index (κ3) is 4.71. The number of hydrogen-bond donors (Lipinski definition) is 4. The minimum Gasteiger partial charge on any atom is -0.480 e. The maximum atomic E-state index is 10.4. The first kappa shape index (κ1) is 12.2. The van der Waals surface area contributed by atoms with Crippen LogP contribution in [0.15, 0.2) is 0 Å². The van der Waals surface area contributed by atoms with E-state index in [4.69, 9.17) is 21.7 Å². The van der Waals surface area contributed by atoms with Crippen molar-refractivity contribution in [1.82, 2.24) is 0 Å². The van der Waals surface area contributed by atoms with Crippen molar-refractivity contribution in [2.24, 2.45) is 11.5 Å². The minimum atomic E-state index is -1.14. The van der Waals surface area contributed by atoms with E-state index in [2.05, 4.69) is 0 Å². The first-order valence-corrected chi connectivity index (χ1v) is 4.56. The van der Waals surface area contributed by atoms with Crippen molar-refractivity contribution in [2.45, 2.75) is 11.3 Å². The van der Waals surface area contributed by atoms with Gasteiger partial charge in [0.25, 0.3) is 0 Å². The molecule has 6 N–H and O–H groups in total. The van der Waals surface area contributed by atoms with Crippen molar-refractivity contribution in [2.75, 3.05) is 12.3 Å². The Hall–Kier alpha value is -0.790. The molecule has 6 nitrogen and oxygen atoms in total. The molecule has 0 aliphatic rings. The molecule has 0 fully saturated rings. The number of nitrogens with two attached hydrogens (primary N) is 2. The van der Waals surface area contributed by atoms with Gasteiger partial charge in [-0.15, -0.1) is 11.8 Å². The fourth-order valence-corrected chi connectivity index (χ4v) is 1.39. The summed E-state index contributed by atoms with van der Waals surface area (Å²) in [6, 6.07) is -1.04. The monoisotopic (exact) mass is 208 g/mol. The molecule has 0 bridgehead atoms. The smallest absolute Gasteiger partial charge is 0.321 e. The summed E-state index contributed by atoms with van der Waals surface area (Å²) in [5, 5.41) is 16.1. The van der Waals surface area contributed by atoms with E-state index >= 15 is 0 Å². The highest BCUT2D eigenvalue weighted by Crippen LogP contribution is 2.10. The molecule has 0 saturated carbocycles. The van der Waals surface area contributed by atoms with Crippen molar-refractivity contribution in [1.29, 1.82) is 0 Å². The Morgan fingerprint density at radius 3 is 2.15 bits per heavy atom. The second-order valence-corrected chi connectivity index (χ2v) is 3.58. The second kappa shape index (κ2) is 5.79. The number of carboxylic acids is 2. The Bertz CT molecular complexity index is 199. The maximum absolute atomic E-state index is 10.4. The molecule has 0 amide bonds. The van der Waals surface area contributed by atoms with Gasteiger partial charge < -0.3 is 21.7 Å². The second-order valence-electron chi connectivity index (χ2n) is 2.34. The van der Waals surface area contributed by atoms with Gasteiger partial charge >= 0.3 is 11.9 Å². The molecular formula is C6H12N2O4S. The van der Waals surface area contributed by atoms with Gasteiger partial charge in [-0.05, 0) is 0 Å². The fourth-order valence-electron chi connectivity index (χ4n) is 0.531. The zero-order valence-corrected chi connectivity index (χ0v) is 7.66. The molecule has 0 radical (unpaired) electrons. The third-order valence-electron chi connectivity index (χ3n) is 1.28. The summed E-state index contributed by atoms with van der Waals surface area (Å²) in [5.74, 6) is -2.15. The summed E-state index contributed by atoms with van der Waals surface area (Å²) in [5.41, 5.74) is 10.3. The van der Waals surface area contributed by atoms with Crippen LogP contribution in [0.25, 0.3) is 0 Å². The zero-order valence-electron chi connectivity index (χ0n) is 6.84. The molecule has 0 aromatic rings. The SMILES string of the molecule is NC[C@H](SC[C@H](N)C(=O)O)C(=O)O. The maximum Gasteiger partial charge on any atom is 0.321 e. The molecule has 0 saturated heterocycles. The molecule has 2 atom stereocenters. The Kier molecular flexibility index (Phi) is 5.44. The number of carbonyl (C=O) groups is 2. The van der Waals surface area contributed by atoms with Gasteiger partial charge in [-0.3, -0.25) is 9.59 Å². The minimum absolute atomic E-state index is 0.0354. The van der Waals surface area contributed by atoms with Crippen LogP contribution in [0.5, 0.6) is 0 Å². The van der Waals surface area contributed by atoms with E-state index in [0.717, 1.165) is 11.8 Å². The lowest BCUT2D eigenvalue weighted by Gasteiger charge is -2.10. The lowest BCUT2D eigenvalue weighted by Crippen LogP contribution is -2.35. The first-order chi connectivity index (χ1) is 5.99. The first-order valence-electron chi connectivity index (χ1n) is 3.52. The van der Waals surface area contributed by atoms with Crippen molar-refractivity contribution in [3.63, 3.8) is 0 Å². The van der Waals surface area contributed by atoms with Crippen LogP contribution in [-0.2, 0) is 9.59 Å². The lowest BCUT2D eigenvalue weighted by molar-refractivity contribution is -0.138. The highest BCUT2D eigenvalue weighted by molar-refractivity contribution is 8.00. The van der Waals surface area contributed by atoms with Gasteiger partial charge in [0.2, 0.25) is 0 Å². The summed E-state index contributed by atoms with van der Waals surface area (Å²) < 4.78 is 0. The van der Waals surface area contributed by atoms with Crippen LogP contribution in [0.3, 0.4) is 0 Å². The molecule has 0 unspecified atom stereocenters. The Labute approximate surface area is 79.3 Å². The van der Waals surface area contributed by atoms with Gasteiger partial charge in [0.05, 0.1) is 0 Å². The summed E-state index contributed by atoms with van der Waals surface area (Å²) in [6.45, 7) is -0.0354. The number of rotatable bonds is 6. The van der Waals surface area contributed by atoms with E-state index in [0.29, 0.717) is 0 Å². The molecule has 0 aromatic heterocycles. The van der Waals surface area contributed by atoms with Crippen LogP contribution in [0.1, 0.15) is 0 Å². The van der Waals surface area contributed by atoms with E-state index in [9.17, 15) is 9.59 Å². The highest BCUT2D eigenvalue weighted by Gasteiger charge is 2.19. The van der Waals surface area contributed by atoms with Gasteiger partial charge in [-0.1, -0.05) is 0 Å².